The number of carbonyl (C=O) groups is 3. The SMILES string of the molecule is Cc1noc(CCC(=O)N[C@H](CCC(N)=O)C(=O)O)n1. The highest BCUT2D eigenvalue weighted by atomic mass is 16.5. The van der Waals surface area contributed by atoms with Gasteiger partial charge in [0.25, 0.3) is 0 Å². The average Bonchev–Trinajstić information content (AvgIpc) is 2.77. The number of rotatable bonds is 8. The highest BCUT2D eigenvalue weighted by Crippen LogP contribution is 2.02. The molecular formula is C11H16N4O5. The Labute approximate surface area is 114 Å². The van der Waals surface area contributed by atoms with Crippen LogP contribution >= 0.6 is 0 Å². The maximum atomic E-state index is 11.6. The van der Waals surface area contributed by atoms with Gasteiger partial charge in [0.15, 0.2) is 5.82 Å². The number of nitrogens with zero attached hydrogens (tertiary/aromatic N) is 2. The number of carboxylic acid groups (broad SMARTS) is 1. The van der Waals surface area contributed by atoms with E-state index in [2.05, 4.69) is 15.5 Å². The van der Waals surface area contributed by atoms with Gasteiger partial charge < -0.3 is 20.7 Å². The van der Waals surface area contributed by atoms with E-state index in [0.717, 1.165) is 0 Å². The Balaban J connectivity index is 2.41. The summed E-state index contributed by atoms with van der Waals surface area (Å²) in [5.41, 5.74) is 4.94. The number of carboxylic acids is 1. The van der Waals surface area contributed by atoms with Crippen molar-refractivity contribution in [2.45, 2.75) is 38.6 Å². The van der Waals surface area contributed by atoms with Crippen LogP contribution < -0.4 is 11.1 Å². The Morgan fingerprint density at radius 3 is 2.60 bits per heavy atom. The van der Waals surface area contributed by atoms with E-state index < -0.39 is 23.8 Å². The number of hydrogen-bond donors (Lipinski definition) is 3. The van der Waals surface area contributed by atoms with E-state index in [0.29, 0.717) is 11.7 Å². The molecule has 1 rings (SSSR count). The number of hydrogen-bond acceptors (Lipinski definition) is 6. The van der Waals surface area contributed by atoms with Gasteiger partial charge in [-0.25, -0.2) is 4.79 Å². The van der Waals surface area contributed by atoms with Crippen molar-refractivity contribution in [1.29, 1.82) is 0 Å². The second-order valence-corrected chi connectivity index (χ2v) is 4.20. The van der Waals surface area contributed by atoms with Crippen molar-refractivity contribution in [2.75, 3.05) is 0 Å². The molecule has 0 bridgehead atoms. The second-order valence-electron chi connectivity index (χ2n) is 4.20. The van der Waals surface area contributed by atoms with E-state index in [1.165, 1.54) is 0 Å². The average molecular weight is 284 g/mol. The van der Waals surface area contributed by atoms with Crippen molar-refractivity contribution in [3.8, 4) is 0 Å². The fraction of sp³-hybridized carbons (Fsp3) is 0.545. The molecule has 0 unspecified atom stereocenters. The highest BCUT2D eigenvalue weighted by Gasteiger charge is 2.20. The number of aromatic nitrogens is 2. The molecule has 4 N–H and O–H groups in total. The number of carbonyl (C=O) groups excluding carboxylic acids is 2. The van der Waals surface area contributed by atoms with Crippen molar-refractivity contribution in [2.24, 2.45) is 5.73 Å². The molecule has 0 aliphatic heterocycles. The third-order valence-corrected chi connectivity index (χ3v) is 2.45. The van der Waals surface area contributed by atoms with Gasteiger partial charge in [0.2, 0.25) is 17.7 Å². The lowest BCUT2D eigenvalue weighted by Crippen LogP contribution is -2.41. The molecule has 110 valence electrons. The third kappa shape index (κ3) is 5.46. The van der Waals surface area contributed by atoms with Crippen LogP contribution in [0.1, 0.15) is 31.0 Å². The minimum atomic E-state index is -1.21. The fourth-order valence-corrected chi connectivity index (χ4v) is 1.47. The lowest BCUT2D eigenvalue weighted by atomic mass is 10.1. The number of nitrogens with one attached hydrogen (secondary N) is 1. The van der Waals surface area contributed by atoms with E-state index in [1.54, 1.807) is 6.92 Å². The van der Waals surface area contributed by atoms with Crippen molar-refractivity contribution >= 4 is 17.8 Å². The zero-order chi connectivity index (χ0) is 15.1. The predicted octanol–water partition coefficient (Wildman–Crippen LogP) is -0.854. The van der Waals surface area contributed by atoms with Crippen LogP contribution in [0.2, 0.25) is 0 Å². The zero-order valence-corrected chi connectivity index (χ0v) is 11.0. The zero-order valence-electron chi connectivity index (χ0n) is 11.0. The molecule has 0 radical (unpaired) electrons. The fourth-order valence-electron chi connectivity index (χ4n) is 1.47. The van der Waals surface area contributed by atoms with Gasteiger partial charge in [0.1, 0.15) is 6.04 Å². The molecule has 9 nitrogen and oxygen atoms in total. The quantitative estimate of drug-likeness (QED) is 0.562. The molecule has 0 aliphatic carbocycles. The molecule has 0 aromatic carbocycles. The van der Waals surface area contributed by atoms with Gasteiger partial charge in [-0.05, 0) is 13.3 Å². The molecule has 0 aliphatic rings. The topological polar surface area (TPSA) is 148 Å². The van der Waals surface area contributed by atoms with Gasteiger partial charge in [-0.2, -0.15) is 4.98 Å². The second kappa shape index (κ2) is 7.22. The van der Waals surface area contributed by atoms with E-state index >= 15 is 0 Å². The van der Waals surface area contributed by atoms with Crippen LogP contribution in [0.4, 0.5) is 0 Å². The number of aryl methyl sites for hydroxylation is 2. The molecule has 0 saturated carbocycles. The number of aliphatic carboxylic acids is 1. The third-order valence-electron chi connectivity index (χ3n) is 2.45. The lowest BCUT2D eigenvalue weighted by Gasteiger charge is -2.13. The predicted molar refractivity (Wildman–Crippen MR) is 65.4 cm³/mol. The summed E-state index contributed by atoms with van der Waals surface area (Å²) in [6.45, 7) is 1.65. The number of nitrogens with two attached hydrogens (primary N) is 1. The first kappa shape index (κ1) is 15.6. The summed E-state index contributed by atoms with van der Waals surface area (Å²) < 4.78 is 4.83. The minimum absolute atomic E-state index is 0.0159. The highest BCUT2D eigenvalue weighted by molar-refractivity contribution is 5.84. The first-order chi connectivity index (χ1) is 9.38. The van der Waals surface area contributed by atoms with Gasteiger partial charge in [-0.1, -0.05) is 5.16 Å². The van der Waals surface area contributed by atoms with E-state index in [4.69, 9.17) is 15.4 Å². The molecule has 1 aromatic heterocycles. The summed E-state index contributed by atoms with van der Waals surface area (Å²) in [6, 6.07) is -1.14. The minimum Gasteiger partial charge on any atom is -0.480 e. The standard InChI is InChI=1S/C11H16N4O5/c1-6-13-10(20-15-6)5-4-9(17)14-7(11(18)19)2-3-8(12)16/h7H,2-5H2,1H3,(H2,12,16)(H,14,17)(H,18,19)/t7-/m1/s1. The summed E-state index contributed by atoms with van der Waals surface area (Å²) in [5, 5.41) is 14.8. The smallest absolute Gasteiger partial charge is 0.326 e. The Bertz CT molecular complexity index is 499. The normalized spacial score (nSPS) is 11.8. The van der Waals surface area contributed by atoms with E-state index in [-0.39, 0.29) is 25.7 Å². The lowest BCUT2D eigenvalue weighted by molar-refractivity contribution is -0.142. The molecule has 9 heteroatoms. The molecule has 20 heavy (non-hydrogen) atoms. The van der Waals surface area contributed by atoms with Crippen LogP contribution in [0.5, 0.6) is 0 Å². The van der Waals surface area contributed by atoms with Crippen LogP contribution in [0.3, 0.4) is 0 Å². The Morgan fingerprint density at radius 1 is 1.40 bits per heavy atom. The molecular weight excluding hydrogens is 268 g/mol. The molecule has 2 amide bonds. The Hall–Kier alpha value is -2.45. The van der Waals surface area contributed by atoms with Crippen molar-refractivity contribution in [3.63, 3.8) is 0 Å². The molecule has 0 spiro atoms. The van der Waals surface area contributed by atoms with Crippen LogP contribution in [0.25, 0.3) is 0 Å². The summed E-state index contributed by atoms with van der Waals surface area (Å²) >= 11 is 0. The number of amides is 2. The van der Waals surface area contributed by atoms with Crippen molar-refractivity contribution < 1.29 is 24.0 Å². The van der Waals surface area contributed by atoms with E-state index in [9.17, 15) is 14.4 Å². The molecule has 1 aromatic rings. The molecule has 1 heterocycles. The molecule has 0 fully saturated rings. The Morgan fingerprint density at radius 2 is 2.10 bits per heavy atom. The maximum absolute atomic E-state index is 11.6. The summed E-state index contributed by atoms with van der Waals surface area (Å²) in [7, 11) is 0. The summed E-state index contributed by atoms with van der Waals surface area (Å²) in [6.07, 6.45) is 0.0764. The number of primary amides is 1. The van der Waals surface area contributed by atoms with E-state index in [1.807, 2.05) is 0 Å². The van der Waals surface area contributed by atoms with Crippen LogP contribution in [0.15, 0.2) is 4.52 Å². The van der Waals surface area contributed by atoms with Gasteiger partial charge in [0.05, 0.1) is 0 Å². The van der Waals surface area contributed by atoms with Gasteiger partial charge in [-0.15, -0.1) is 0 Å². The van der Waals surface area contributed by atoms with Gasteiger partial charge >= 0.3 is 5.97 Å². The van der Waals surface area contributed by atoms with Crippen LogP contribution in [-0.2, 0) is 20.8 Å². The van der Waals surface area contributed by atoms with Crippen molar-refractivity contribution in [3.05, 3.63) is 11.7 Å². The molecule has 0 saturated heterocycles. The van der Waals surface area contributed by atoms with Crippen LogP contribution in [-0.4, -0.2) is 39.1 Å². The first-order valence-corrected chi connectivity index (χ1v) is 5.98. The van der Waals surface area contributed by atoms with Gasteiger partial charge in [0, 0.05) is 19.3 Å². The monoisotopic (exact) mass is 284 g/mol. The summed E-state index contributed by atoms with van der Waals surface area (Å²) in [4.78, 5) is 37.1. The molecule has 1 atom stereocenters. The van der Waals surface area contributed by atoms with Gasteiger partial charge in [-0.3, -0.25) is 9.59 Å². The van der Waals surface area contributed by atoms with Crippen LogP contribution in [0, 0.1) is 6.92 Å². The Kier molecular flexibility index (Phi) is 5.63. The van der Waals surface area contributed by atoms with Crippen molar-refractivity contribution in [1.82, 2.24) is 15.5 Å². The first-order valence-electron chi connectivity index (χ1n) is 5.98. The maximum Gasteiger partial charge on any atom is 0.326 e. The summed E-state index contributed by atoms with van der Waals surface area (Å²) in [5.74, 6) is -1.54. The largest absolute Gasteiger partial charge is 0.480 e.